The van der Waals surface area contributed by atoms with Gasteiger partial charge in [-0.05, 0) is 52.6 Å². The van der Waals surface area contributed by atoms with E-state index < -0.39 is 65.8 Å². The van der Waals surface area contributed by atoms with Gasteiger partial charge in [0, 0.05) is 25.5 Å². The highest BCUT2D eigenvalue weighted by Gasteiger charge is 2.44. The quantitative estimate of drug-likeness (QED) is 0.178. The number of nitrogens with zero attached hydrogens (tertiary/aromatic N) is 2. The Labute approximate surface area is 311 Å². The van der Waals surface area contributed by atoms with Crippen LogP contribution in [0.5, 0.6) is 0 Å². The summed E-state index contributed by atoms with van der Waals surface area (Å²) in [5.74, 6) is -0.785. The molecule has 2 fully saturated rings. The Bertz CT molecular complexity index is 1720. The molecule has 13 nitrogen and oxygen atoms in total. The summed E-state index contributed by atoms with van der Waals surface area (Å²) < 4.78 is 62.3. The van der Waals surface area contributed by atoms with E-state index in [9.17, 15) is 32.7 Å². The van der Waals surface area contributed by atoms with Gasteiger partial charge in [0.05, 0.1) is 44.0 Å². The lowest BCUT2D eigenvalue weighted by atomic mass is 9.85. The maximum Gasteiger partial charge on any atom is 0.422 e. The number of halogens is 3. The SMILES string of the molecule is COC(=O)NC(C(=O)NC(Cc1ccc(-c2cccnc2)cc1)C(O)CN(Cc1cccc(C(F)(F)F)c1)NC(=O)OC1COC2OCCC12)C(C)(C)C. The highest BCUT2D eigenvalue weighted by Crippen LogP contribution is 2.33. The van der Waals surface area contributed by atoms with E-state index in [0.717, 1.165) is 28.8 Å². The summed E-state index contributed by atoms with van der Waals surface area (Å²) in [6.45, 7) is 5.19. The van der Waals surface area contributed by atoms with Crippen LogP contribution in [-0.2, 0) is 42.9 Å². The molecular weight excluding hydrogens is 711 g/mol. The number of carbonyl (C=O) groups is 3. The van der Waals surface area contributed by atoms with E-state index in [0.29, 0.717) is 13.0 Å². The van der Waals surface area contributed by atoms with Gasteiger partial charge in [0.2, 0.25) is 5.91 Å². The molecule has 0 bridgehead atoms. The second kappa shape index (κ2) is 17.6. The zero-order valence-corrected chi connectivity index (χ0v) is 30.5. The van der Waals surface area contributed by atoms with Crippen molar-refractivity contribution < 1.29 is 51.6 Å². The fourth-order valence-corrected chi connectivity index (χ4v) is 6.43. The van der Waals surface area contributed by atoms with Crippen molar-refractivity contribution in [3.05, 3.63) is 89.7 Å². The Kier molecular flexibility index (Phi) is 13.2. The number of hydrazine groups is 1. The molecule has 4 N–H and O–H groups in total. The zero-order chi connectivity index (χ0) is 39.0. The average molecular weight is 758 g/mol. The molecule has 0 saturated carbocycles. The van der Waals surface area contributed by atoms with Crippen LogP contribution in [0.4, 0.5) is 22.8 Å². The number of aliphatic hydroxyl groups excluding tert-OH is 1. The van der Waals surface area contributed by atoms with Gasteiger partial charge in [-0.1, -0.05) is 69.3 Å². The number of benzene rings is 2. The molecular formula is C38H46F3N5O8. The van der Waals surface area contributed by atoms with Gasteiger partial charge in [0.25, 0.3) is 0 Å². The monoisotopic (exact) mass is 757 g/mol. The van der Waals surface area contributed by atoms with Crippen LogP contribution >= 0.6 is 0 Å². The molecule has 2 saturated heterocycles. The predicted octanol–water partition coefficient (Wildman–Crippen LogP) is 4.83. The van der Waals surface area contributed by atoms with Gasteiger partial charge in [-0.3, -0.25) is 15.2 Å². The van der Waals surface area contributed by atoms with E-state index in [1.54, 1.807) is 33.2 Å². The minimum absolute atomic E-state index is 0.0969. The number of alkyl carbamates (subject to hydrolysis) is 1. The van der Waals surface area contributed by atoms with Crippen molar-refractivity contribution in [3.8, 4) is 11.1 Å². The maximum absolute atomic E-state index is 13.8. The lowest BCUT2D eigenvalue weighted by Crippen LogP contribution is -2.59. The first kappa shape index (κ1) is 40.4. The summed E-state index contributed by atoms with van der Waals surface area (Å²) in [5.41, 5.74) is 3.61. The molecule has 16 heteroatoms. The molecule has 0 radical (unpaired) electrons. The number of alkyl halides is 3. The minimum atomic E-state index is -4.61. The normalized spacial score (nSPS) is 20.1. The lowest BCUT2D eigenvalue weighted by molar-refractivity contribution is -0.137. The third-order valence-electron chi connectivity index (χ3n) is 9.30. The lowest BCUT2D eigenvalue weighted by Gasteiger charge is -2.34. The van der Waals surface area contributed by atoms with E-state index >= 15 is 0 Å². The van der Waals surface area contributed by atoms with Gasteiger partial charge >= 0.3 is 18.4 Å². The number of aliphatic hydroxyl groups is 1. The van der Waals surface area contributed by atoms with Gasteiger partial charge in [0.1, 0.15) is 12.1 Å². The van der Waals surface area contributed by atoms with Gasteiger partial charge in [-0.25, -0.2) is 14.6 Å². The highest BCUT2D eigenvalue weighted by molar-refractivity contribution is 5.86. The van der Waals surface area contributed by atoms with Crippen molar-refractivity contribution in [1.29, 1.82) is 0 Å². The smallest absolute Gasteiger partial charge is 0.422 e. The number of hydrogen-bond acceptors (Lipinski definition) is 10. The minimum Gasteiger partial charge on any atom is -0.453 e. The number of amides is 3. The second-order valence-corrected chi connectivity index (χ2v) is 14.4. The number of carbonyl (C=O) groups excluding carboxylic acids is 3. The van der Waals surface area contributed by atoms with E-state index in [1.807, 2.05) is 36.4 Å². The van der Waals surface area contributed by atoms with Crippen LogP contribution in [0.1, 0.15) is 43.9 Å². The molecule has 0 spiro atoms. The number of ether oxygens (including phenoxy) is 4. The molecule has 3 amide bonds. The Morgan fingerprint density at radius 2 is 1.74 bits per heavy atom. The second-order valence-electron chi connectivity index (χ2n) is 14.4. The molecule has 2 aromatic carbocycles. The molecule has 2 aliphatic heterocycles. The topological polar surface area (TPSA) is 161 Å². The Morgan fingerprint density at radius 1 is 0.981 bits per heavy atom. The number of methoxy groups -OCH3 is 1. The van der Waals surface area contributed by atoms with Gasteiger partial charge in [-0.15, -0.1) is 0 Å². The summed E-state index contributed by atoms with van der Waals surface area (Å²) in [5, 5.41) is 18.5. The van der Waals surface area contributed by atoms with Crippen LogP contribution in [-0.4, -0.2) is 90.6 Å². The molecule has 2 aliphatic rings. The Morgan fingerprint density at radius 3 is 2.41 bits per heavy atom. The highest BCUT2D eigenvalue weighted by atomic mass is 19.4. The molecule has 54 heavy (non-hydrogen) atoms. The van der Waals surface area contributed by atoms with Gasteiger partial charge in [0.15, 0.2) is 6.29 Å². The molecule has 6 atom stereocenters. The zero-order valence-electron chi connectivity index (χ0n) is 30.5. The van der Waals surface area contributed by atoms with E-state index in [4.69, 9.17) is 18.9 Å². The fraction of sp³-hybridized carbons (Fsp3) is 0.474. The largest absolute Gasteiger partial charge is 0.453 e. The first-order valence-corrected chi connectivity index (χ1v) is 17.5. The number of hydrogen-bond donors (Lipinski definition) is 4. The van der Waals surface area contributed by atoms with E-state index in [2.05, 4.69) is 21.0 Å². The maximum atomic E-state index is 13.8. The van der Waals surface area contributed by atoms with Crippen molar-refractivity contribution >= 4 is 18.1 Å². The predicted molar refractivity (Wildman–Crippen MR) is 189 cm³/mol. The molecule has 5 rings (SSSR count). The van der Waals surface area contributed by atoms with Crippen molar-refractivity contribution in [2.24, 2.45) is 11.3 Å². The number of rotatable bonds is 13. The molecule has 0 aliphatic carbocycles. The molecule has 3 heterocycles. The third-order valence-corrected chi connectivity index (χ3v) is 9.30. The Hall–Kier alpha value is -4.77. The van der Waals surface area contributed by atoms with E-state index in [1.165, 1.54) is 24.3 Å². The van der Waals surface area contributed by atoms with E-state index in [-0.39, 0.29) is 37.6 Å². The first-order chi connectivity index (χ1) is 25.6. The fourth-order valence-electron chi connectivity index (χ4n) is 6.43. The summed E-state index contributed by atoms with van der Waals surface area (Å²) in [6.07, 6.45) is -4.75. The van der Waals surface area contributed by atoms with Gasteiger partial charge in [-0.2, -0.15) is 13.2 Å². The van der Waals surface area contributed by atoms with Crippen molar-refractivity contribution in [3.63, 3.8) is 0 Å². The summed E-state index contributed by atoms with van der Waals surface area (Å²) in [6, 6.07) is 13.6. The molecule has 292 valence electrons. The van der Waals surface area contributed by atoms with Crippen molar-refractivity contribution in [2.45, 2.75) is 76.9 Å². The number of pyridine rings is 1. The van der Waals surface area contributed by atoms with Crippen LogP contribution in [0, 0.1) is 11.3 Å². The van der Waals surface area contributed by atoms with Gasteiger partial charge < -0.3 is 34.7 Å². The van der Waals surface area contributed by atoms with Crippen LogP contribution in [0.3, 0.4) is 0 Å². The van der Waals surface area contributed by atoms with Crippen molar-refractivity contribution in [2.75, 3.05) is 26.9 Å². The standard InChI is InChI=1S/C38H46F3N5O8/c1-37(2,3)32(44-35(49)51-4)33(48)43-29(18-23-10-12-25(13-11-23)26-8-6-15-42-19-26)30(47)21-46(20-24-7-5-9-27(17-24)38(39,40)41)45-36(50)54-31-22-53-34-28(31)14-16-52-34/h5-13,15,17,19,28-32,34,47H,14,16,18,20-22H2,1-4H3,(H,43,48)(H,44,49)(H,45,50). The van der Waals surface area contributed by atoms with Crippen LogP contribution in [0.15, 0.2) is 73.1 Å². The summed E-state index contributed by atoms with van der Waals surface area (Å²) in [4.78, 5) is 43.5. The molecule has 6 unspecified atom stereocenters. The van der Waals surface area contributed by atoms with Crippen LogP contribution in [0.25, 0.3) is 11.1 Å². The van der Waals surface area contributed by atoms with Crippen molar-refractivity contribution in [1.82, 2.24) is 26.1 Å². The van der Waals surface area contributed by atoms with Crippen LogP contribution in [0.2, 0.25) is 0 Å². The number of fused-ring (bicyclic) bond motifs is 1. The number of nitrogens with one attached hydrogen (secondary N) is 3. The first-order valence-electron chi connectivity index (χ1n) is 17.5. The molecule has 1 aromatic heterocycles. The third kappa shape index (κ3) is 10.9. The Balaban J connectivity index is 1.40. The average Bonchev–Trinajstić information content (AvgIpc) is 3.75. The summed E-state index contributed by atoms with van der Waals surface area (Å²) in [7, 11) is 1.17. The summed E-state index contributed by atoms with van der Waals surface area (Å²) >= 11 is 0. The number of aromatic nitrogens is 1. The van der Waals surface area contributed by atoms with Crippen LogP contribution < -0.4 is 16.1 Å². The molecule has 3 aromatic rings.